The topological polar surface area (TPSA) is 64.2 Å². The fraction of sp³-hybridized carbons (Fsp3) is 0.353. The van der Waals surface area contributed by atoms with Gasteiger partial charge in [-0.1, -0.05) is 35.5 Å². The Labute approximate surface area is 130 Å². The zero-order valence-corrected chi connectivity index (χ0v) is 12.8. The Bertz CT molecular complexity index is 564. The van der Waals surface area contributed by atoms with E-state index in [0.717, 1.165) is 5.56 Å². The average molecular weight is 303 g/mol. The number of furan rings is 1. The first-order chi connectivity index (χ1) is 10.7. The number of hydrogen-bond donors (Lipinski definition) is 1. The monoisotopic (exact) mass is 303 g/mol. The molecule has 0 amide bonds. The van der Waals surface area contributed by atoms with E-state index in [-0.39, 0.29) is 19.3 Å². The van der Waals surface area contributed by atoms with Crippen LogP contribution in [0.5, 0.6) is 0 Å². The molecule has 0 fully saturated rings. The van der Waals surface area contributed by atoms with Crippen molar-refractivity contribution in [3.05, 3.63) is 60.1 Å². The maximum atomic E-state index is 9.77. The van der Waals surface area contributed by atoms with Crippen LogP contribution in [-0.2, 0) is 9.57 Å². The molecule has 5 nitrogen and oxygen atoms in total. The van der Waals surface area contributed by atoms with Gasteiger partial charge in [0.25, 0.3) is 0 Å². The predicted octanol–water partition coefficient (Wildman–Crippen LogP) is 2.83. The smallest absolute Gasteiger partial charge is 0.156 e. The predicted molar refractivity (Wildman–Crippen MR) is 83.8 cm³/mol. The van der Waals surface area contributed by atoms with E-state index >= 15 is 0 Å². The van der Waals surface area contributed by atoms with Crippen LogP contribution in [0.3, 0.4) is 0 Å². The van der Waals surface area contributed by atoms with Gasteiger partial charge in [0.15, 0.2) is 11.5 Å². The molecule has 0 saturated carbocycles. The minimum Gasteiger partial charge on any atom is -0.463 e. The molecule has 0 aliphatic rings. The lowest BCUT2D eigenvalue weighted by atomic mass is 10.1. The van der Waals surface area contributed by atoms with Crippen LogP contribution in [-0.4, -0.2) is 36.2 Å². The standard InChI is InChI=1S/C17H21NO4/c1-13(2)21-11-15(19)12-22-18-17(16-9-6-10-20-16)14-7-4-3-5-8-14/h3-10,13,15,19H,11-12H2,1-2H3/b18-17+. The fourth-order valence-corrected chi connectivity index (χ4v) is 1.79. The minimum atomic E-state index is -0.722. The minimum absolute atomic E-state index is 0.0593. The first kappa shape index (κ1) is 16.3. The zero-order chi connectivity index (χ0) is 15.8. The Balaban J connectivity index is 2.01. The van der Waals surface area contributed by atoms with Gasteiger partial charge in [-0.15, -0.1) is 0 Å². The van der Waals surface area contributed by atoms with Crippen LogP contribution in [0.15, 0.2) is 58.3 Å². The third kappa shape index (κ3) is 5.02. The number of aliphatic hydroxyl groups excluding tert-OH is 1. The molecule has 1 unspecified atom stereocenters. The summed E-state index contributed by atoms with van der Waals surface area (Å²) in [5.74, 6) is 0.610. The van der Waals surface area contributed by atoms with Crippen LogP contribution < -0.4 is 0 Å². The highest BCUT2D eigenvalue weighted by molar-refractivity contribution is 6.10. The van der Waals surface area contributed by atoms with Crippen LogP contribution in [0.2, 0.25) is 0 Å². The molecule has 1 atom stereocenters. The first-order valence-corrected chi connectivity index (χ1v) is 7.25. The SMILES string of the molecule is CC(C)OCC(O)CO/N=C(\c1ccccc1)c1ccco1. The molecule has 2 rings (SSSR count). The molecule has 118 valence electrons. The highest BCUT2D eigenvalue weighted by Crippen LogP contribution is 2.12. The lowest BCUT2D eigenvalue weighted by Crippen LogP contribution is -2.23. The number of nitrogens with zero attached hydrogens (tertiary/aromatic N) is 1. The van der Waals surface area contributed by atoms with E-state index in [2.05, 4.69) is 5.16 Å². The highest BCUT2D eigenvalue weighted by atomic mass is 16.6. The van der Waals surface area contributed by atoms with Crippen molar-refractivity contribution in [2.45, 2.75) is 26.1 Å². The van der Waals surface area contributed by atoms with E-state index in [1.807, 2.05) is 50.2 Å². The van der Waals surface area contributed by atoms with Crippen LogP contribution >= 0.6 is 0 Å². The van der Waals surface area contributed by atoms with Gasteiger partial charge in [-0.3, -0.25) is 0 Å². The molecule has 22 heavy (non-hydrogen) atoms. The van der Waals surface area contributed by atoms with E-state index in [1.54, 1.807) is 12.3 Å². The fourth-order valence-electron chi connectivity index (χ4n) is 1.79. The number of benzene rings is 1. The number of rotatable bonds is 8. The van der Waals surface area contributed by atoms with Crippen LogP contribution in [0, 0.1) is 0 Å². The molecule has 1 N–H and O–H groups in total. The third-order valence-corrected chi connectivity index (χ3v) is 2.85. The van der Waals surface area contributed by atoms with E-state index in [9.17, 15) is 5.11 Å². The maximum absolute atomic E-state index is 9.77. The third-order valence-electron chi connectivity index (χ3n) is 2.85. The molecule has 0 aliphatic carbocycles. The van der Waals surface area contributed by atoms with Gasteiger partial charge in [0.1, 0.15) is 12.7 Å². The van der Waals surface area contributed by atoms with Crippen molar-refractivity contribution in [3.8, 4) is 0 Å². The van der Waals surface area contributed by atoms with Crippen molar-refractivity contribution in [2.75, 3.05) is 13.2 Å². The summed E-state index contributed by atoms with van der Waals surface area (Å²) in [6.07, 6.45) is 0.931. The Kier molecular flexibility index (Phi) is 6.18. The molecule has 5 heteroatoms. The van der Waals surface area contributed by atoms with E-state index in [1.165, 1.54) is 0 Å². The summed E-state index contributed by atoms with van der Waals surface area (Å²) in [6, 6.07) is 13.2. The first-order valence-electron chi connectivity index (χ1n) is 7.25. The van der Waals surface area contributed by atoms with Gasteiger partial charge in [0.05, 0.1) is 19.0 Å². The molecule has 1 aromatic carbocycles. The van der Waals surface area contributed by atoms with E-state index in [0.29, 0.717) is 11.5 Å². The van der Waals surface area contributed by atoms with Gasteiger partial charge in [0.2, 0.25) is 0 Å². The molecule has 1 heterocycles. The number of hydrogen-bond acceptors (Lipinski definition) is 5. The van der Waals surface area contributed by atoms with Gasteiger partial charge >= 0.3 is 0 Å². The molecular formula is C17H21NO4. The molecule has 0 radical (unpaired) electrons. The largest absolute Gasteiger partial charge is 0.463 e. The molecule has 0 saturated heterocycles. The lowest BCUT2D eigenvalue weighted by Gasteiger charge is -2.12. The molecule has 2 aromatic rings. The molecule has 0 spiro atoms. The quantitative estimate of drug-likeness (QED) is 0.601. The van der Waals surface area contributed by atoms with Gasteiger partial charge in [0, 0.05) is 5.56 Å². The van der Waals surface area contributed by atoms with Crippen molar-refractivity contribution in [3.63, 3.8) is 0 Å². The normalized spacial score (nSPS) is 13.4. The van der Waals surface area contributed by atoms with Crippen molar-refractivity contribution in [2.24, 2.45) is 5.16 Å². The second kappa shape index (κ2) is 8.36. The Morgan fingerprint density at radius 2 is 1.91 bits per heavy atom. The van der Waals surface area contributed by atoms with Crippen LogP contribution in [0.25, 0.3) is 0 Å². The Morgan fingerprint density at radius 1 is 1.14 bits per heavy atom. The molecule has 0 bridgehead atoms. The van der Waals surface area contributed by atoms with Crippen LogP contribution in [0.4, 0.5) is 0 Å². The summed E-state index contributed by atoms with van der Waals surface area (Å²) in [5, 5.41) is 13.9. The Morgan fingerprint density at radius 3 is 2.55 bits per heavy atom. The highest BCUT2D eigenvalue weighted by Gasteiger charge is 2.12. The van der Waals surface area contributed by atoms with E-state index in [4.69, 9.17) is 14.0 Å². The second-order valence-corrected chi connectivity index (χ2v) is 5.11. The van der Waals surface area contributed by atoms with E-state index < -0.39 is 6.10 Å². The number of ether oxygens (including phenoxy) is 1. The van der Waals surface area contributed by atoms with Crippen molar-refractivity contribution in [1.29, 1.82) is 0 Å². The summed E-state index contributed by atoms with van der Waals surface area (Å²) in [4.78, 5) is 5.27. The zero-order valence-electron chi connectivity index (χ0n) is 12.8. The molecular weight excluding hydrogens is 282 g/mol. The molecule has 0 aliphatic heterocycles. The summed E-state index contributed by atoms with van der Waals surface area (Å²) in [6.45, 7) is 4.10. The number of oxime groups is 1. The Hall–Kier alpha value is -2.11. The second-order valence-electron chi connectivity index (χ2n) is 5.11. The van der Waals surface area contributed by atoms with Gasteiger partial charge in [-0.05, 0) is 26.0 Å². The van der Waals surface area contributed by atoms with Gasteiger partial charge in [-0.2, -0.15) is 0 Å². The van der Waals surface area contributed by atoms with Gasteiger partial charge in [-0.25, -0.2) is 0 Å². The summed E-state index contributed by atoms with van der Waals surface area (Å²) in [7, 11) is 0. The average Bonchev–Trinajstić information content (AvgIpc) is 3.04. The van der Waals surface area contributed by atoms with Crippen molar-refractivity contribution < 1.29 is 19.1 Å². The summed E-state index contributed by atoms with van der Waals surface area (Å²) in [5.41, 5.74) is 1.47. The molecule has 1 aromatic heterocycles. The van der Waals surface area contributed by atoms with Gasteiger partial charge < -0.3 is 19.1 Å². The van der Waals surface area contributed by atoms with Crippen LogP contribution in [0.1, 0.15) is 25.2 Å². The maximum Gasteiger partial charge on any atom is 0.156 e. The lowest BCUT2D eigenvalue weighted by molar-refractivity contribution is -0.0346. The summed E-state index contributed by atoms with van der Waals surface area (Å²) >= 11 is 0. The summed E-state index contributed by atoms with van der Waals surface area (Å²) < 4.78 is 10.7. The van der Waals surface area contributed by atoms with Crippen molar-refractivity contribution in [1.82, 2.24) is 0 Å². The van der Waals surface area contributed by atoms with Crippen molar-refractivity contribution >= 4 is 5.71 Å². The number of aliphatic hydroxyl groups is 1.